The summed E-state index contributed by atoms with van der Waals surface area (Å²) in [6, 6.07) is 9.65. The van der Waals surface area contributed by atoms with E-state index in [0.29, 0.717) is 31.4 Å². The molecule has 1 amide bonds. The summed E-state index contributed by atoms with van der Waals surface area (Å²) in [5.41, 5.74) is 2.34. The molecule has 1 aliphatic heterocycles. The monoisotopic (exact) mass is 384 g/mol. The first-order chi connectivity index (χ1) is 13.6. The summed E-state index contributed by atoms with van der Waals surface area (Å²) in [7, 11) is 4.03. The second-order valence-electron chi connectivity index (χ2n) is 6.92. The van der Waals surface area contributed by atoms with E-state index in [9.17, 15) is 4.79 Å². The molecule has 0 radical (unpaired) electrons. The SMILES string of the molecule is CN(C)CCCNC(=O)c1ccnc(Nc2ccccc2N2CCOCC2)n1. The van der Waals surface area contributed by atoms with E-state index in [1.165, 1.54) is 0 Å². The minimum Gasteiger partial charge on any atom is -0.378 e. The predicted molar refractivity (Wildman–Crippen MR) is 110 cm³/mol. The summed E-state index contributed by atoms with van der Waals surface area (Å²) in [5.74, 6) is 0.215. The topological polar surface area (TPSA) is 82.6 Å². The summed E-state index contributed by atoms with van der Waals surface area (Å²) < 4.78 is 5.44. The maximum Gasteiger partial charge on any atom is 0.270 e. The zero-order valence-electron chi connectivity index (χ0n) is 16.5. The summed E-state index contributed by atoms with van der Waals surface area (Å²) in [4.78, 5) is 25.4. The van der Waals surface area contributed by atoms with Crippen molar-refractivity contribution in [3.8, 4) is 0 Å². The molecule has 0 bridgehead atoms. The third-order valence-electron chi connectivity index (χ3n) is 4.46. The van der Waals surface area contributed by atoms with Crippen molar-refractivity contribution in [3.63, 3.8) is 0 Å². The van der Waals surface area contributed by atoms with Crippen LogP contribution in [0.15, 0.2) is 36.5 Å². The van der Waals surface area contributed by atoms with E-state index in [1.54, 1.807) is 12.3 Å². The molecule has 2 aromatic rings. The molecule has 150 valence electrons. The lowest BCUT2D eigenvalue weighted by Crippen LogP contribution is -2.36. The van der Waals surface area contributed by atoms with E-state index in [-0.39, 0.29) is 5.91 Å². The third kappa shape index (κ3) is 5.64. The van der Waals surface area contributed by atoms with Crippen LogP contribution in [0.5, 0.6) is 0 Å². The van der Waals surface area contributed by atoms with E-state index in [0.717, 1.165) is 37.4 Å². The Balaban J connectivity index is 1.65. The van der Waals surface area contributed by atoms with Gasteiger partial charge in [-0.15, -0.1) is 0 Å². The quantitative estimate of drug-likeness (QED) is 0.671. The van der Waals surface area contributed by atoms with Crippen molar-refractivity contribution in [1.82, 2.24) is 20.2 Å². The number of hydrogen-bond donors (Lipinski definition) is 2. The Kier molecular flexibility index (Phi) is 7.16. The standard InChI is InChI=1S/C20H28N6O2/c1-25(2)11-5-9-21-19(27)17-8-10-22-20(24-17)23-16-6-3-4-7-18(16)26-12-14-28-15-13-26/h3-4,6-8,10H,5,9,11-15H2,1-2H3,(H,21,27)(H,22,23,24). The number of nitrogens with one attached hydrogen (secondary N) is 2. The van der Waals surface area contributed by atoms with Gasteiger partial charge < -0.3 is 25.2 Å². The number of benzene rings is 1. The lowest BCUT2D eigenvalue weighted by molar-refractivity contribution is 0.0947. The van der Waals surface area contributed by atoms with Gasteiger partial charge in [0.25, 0.3) is 5.91 Å². The summed E-state index contributed by atoms with van der Waals surface area (Å²) in [6.45, 7) is 4.66. The van der Waals surface area contributed by atoms with Gasteiger partial charge in [-0.1, -0.05) is 12.1 Å². The maximum absolute atomic E-state index is 12.3. The Hall–Kier alpha value is -2.71. The average molecular weight is 384 g/mol. The Morgan fingerprint density at radius 2 is 2.00 bits per heavy atom. The van der Waals surface area contributed by atoms with Crippen LogP contribution in [-0.4, -0.2) is 74.3 Å². The normalized spacial score (nSPS) is 14.2. The fourth-order valence-corrected chi connectivity index (χ4v) is 3.01. The van der Waals surface area contributed by atoms with E-state index < -0.39 is 0 Å². The number of nitrogens with zero attached hydrogens (tertiary/aromatic N) is 4. The van der Waals surface area contributed by atoms with Gasteiger partial charge >= 0.3 is 0 Å². The summed E-state index contributed by atoms with van der Waals surface area (Å²) >= 11 is 0. The van der Waals surface area contributed by atoms with Gasteiger partial charge in [0.1, 0.15) is 5.69 Å². The fourth-order valence-electron chi connectivity index (χ4n) is 3.01. The molecular weight excluding hydrogens is 356 g/mol. The highest BCUT2D eigenvalue weighted by Gasteiger charge is 2.15. The van der Waals surface area contributed by atoms with Crippen molar-refractivity contribution >= 4 is 23.2 Å². The van der Waals surface area contributed by atoms with Crippen molar-refractivity contribution in [2.45, 2.75) is 6.42 Å². The second kappa shape index (κ2) is 10.0. The van der Waals surface area contributed by atoms with E-state index in [1.807, 2.05) is 32.3 Å². The number of morpholine rings is 1. The number of anilines is 3. The van der Waals surface area contributed by atoms with Crippen LogP contribution in [0.25, 0.3) is 0 Å². The first kappa shape index (κ1) is 20.0. The number of rotatable bonds is 8. The van der Waals surface area contributed by atoms with E-state index in [2.05, 4.69) is 36.5 Å². The van der Waals surface area contributed by atoms with Crippen LogP contribution in [0.1, 0.15) is 16.9 Å². The van der Waals surface area contributed by atoms with Crippen LogP contribution in [0.2, 0.25) is 0 Å². The Morgan fingerprint density at radius 1 is 1.21 bits per heavy atom. The van der Waals surface area contributed by atoms with Crippen LogP contribution in [-0.2, 0) is 4.74 Å². The molecule has 0 unspecified atom stereocenters. The number of ether oxygens (including phenoxy) is 1. The van der Waals surface area contributed by atoms with Crippen molar-refractivity contribution in [1.29, 1.82) is 0 Å². The lowest BCUT2D eigenvalue weighted by Gasteiger charge is -2.30. The first-order valence-corrected chi connectivity index (χ1v) is 9.58. The number of amides is 1. The van der Waals surface area contributed by atoms with Crippen LogP contribution < -0.4 is 15.5 Å². The Bertz CT molecular complexity index is 777. The molecule has 2 N–H and O–H groups in total. The highest BCUT2D eigenvalue weighted by atomic mass is 16.5. The molecule has 1 aromatic carbocycles. The highest BCUT2D eigenvalue weighted by molar-refractivity contribution is 5.92. The van der Waals surface area contributed by atoms with Crippen molar-refractivity contribution in [3.05, 3.63) is 42.2 Å². The molecule has 8 nitrogen and oxygen atoms in total. The van der Waals surface area contributed by atoms with Gasteiger partial charge in [-0.3, -0.25) is 4.79 Å². The average Bonchev–Trinajstić information content (AvgIpc) is 2.72. The van der Waals surface area contributed by atoms with Gasteiger partial charge in [-0.2, -0.15) is 0 Å². The zero-order valence-corrected chi connectivity index (χ0v) is 16.5. The van der Waals surface area contributed by atoms with Crippen LogP contribution >= 0.6 is 0 Å². The molecule has 2 heterocycles. The molecule has 1 saturated heterocycles. The first-order valence-electron chi connectivity index (χ1n) is 9.58. The van der Waals surface area contributed by atoms with Crippen molar-refractivity contribution in [2.24, 2.45) is 0 Å². The molecule has 0 spiro atoms. The summed E-state index contributed by atoms with van der Waals surface area (Å²) in [6.07, 6.45) is 2.49. The molecule has 3 rings (SSSR count). The second-order valence-corrected chi connectivity index (χ2v) is 6.92. The largest absolute Gasteiger partial charge is 0.378 e. The van der Waals surface area contributed by atoms with Gasteiger partial charge in [0.2, 0.25) is 5.95 Å². The predicted octanol–water partition coefficient (Wildman–Crippen LogP) is 1.74. The van der Waals surface area contributed by atoms with Crippen molar-refractivity contribution in [2.75, 3.05) is 63.7 Å². The highest BCUT2D eigenvalue weighted by Crippen LogP contribution is 2.28. The number of hydrogen-bond acceptors (Lipinski definition) is 7. The lowest BCUT2D eigenvalue weighted by atomic mass is 10.2. The van der Waals surface area contributed by atoms with Gasteiger partial charge in [0.05, 0.1) is 24.6 Å². The minimum absolute atomic E-state index is 0.189. The van der Waals surface area contributed by atoms with Gasteiger partial charge in [0.15, 0.2) is 0 Å². The molecule has 1 aliphatic rings. The Morgan fingerprint density at radius 3 is 2.79 bits per heavy atom. The number of para-hydroxylation sites is 2. The number of carbonyl (C=O) groups excluding carboxylic acids is 1. The molecule has 1 aromatic heterocycles. The van der Waals surface area contributed by atoms with E-state index in [4.69, 9.17) is 4.74 Å². The Labute approximate surface area is 165 Å². The van der Waals surface area contributed by atoms with Crippen LogP contribution in [0.3, 0.4) is 0 Å². The molecule has 0 saturated carbocycles. The molecule has 0 atom stereocenters. The van der Waals surface area contributed by atoms with Crippen LogP contribution in [0.4, 0.5) is 17.3 Å². The van der Waals surface area contributed by atoms with Gasteiger partial charge in [0, 0.05) is 25.8 Å². The number of carbonyl (C=O) groups is 1. The summed E-state index contributed by atoms with van der Waals surface area (Å²) in [5, 5.41) is 6.16. The van der Waals surface area contributed by atoms with Crippen LogP contribution in [0, 0.1) is 0 Å². The van der Waals surface area contributed by atoms with Gasteiger partial charge in [-0.05, 0) is 45.3 Å². The van der Waals surface area contributed by atoms with Gasteiger partial charge in [-0.25, -0.2) is 9.97 Å². The molecule has 1 fully saturated rings. The molecule has 28 heavy (non-hydrogen) atoms. The maximum atomic E-state index is 12.3. The third-order valence-corrected chi connectivity index (χ3v) is 4.46. The zero-order chi connectivity index (χ0) is 19.8. The van der Waals surface area contributed by atoms with Crippen molar-refractivity contribution < 1.29 is 9.53 Å². The molecule has 0 aliphatic carbocycles. The smallest absolute Gasteiger partial charge is 0.270 e. The number of aromatic nitrogens is 2. The molecular formula is C20H28N6O2. The molecule has 8 heteroatoms. The minimum atomic E-state index is -0.189. The fraction of sp³-hybridized carbons (Fsp3) is 0.450. The van der Waals surface area contributed by atoms with E-state index >= 15 is 0 Å².